The molecule has 4 nitrogen and oxygen atoms in total. The van der Waals surface area contributed by atoms with Crippen molar-refractivity contribution < 1.29 is 9.18 Å². The monoisotopic (exact) mass is 313 g/mol. The Bertz CT molecular complexity index is 644. The molecule has 1 amide bonds. The molecular weight excluding hydrogens is 304 g/mol. The lowest BCUT2D eigenvalue weighted by Crippen LogP contribution is -2.15. The van der Waals surface area contributed by atoms with Crippen LogP contribution in [0.25, 0.3) is 0 Å². The molecule has 2 rings (SSSR count). The maximum atomic E-state index is 13.2. The number of halogens is 3. The second-order valence-corrected chi connectivity index (χ2v) is 4.73. The number of hydrogen-bond donors (Lipinski definition) is 2. The minimum Gasteiger partial charge on any atom is -0.373 e. The molecular formula is C13H10Cl2FN3O. The molecule has 0 atom stereocenters. The fraction of sp³-hybridized carbons (Fsp3) is 0.0769. The predicted octanol–water partition coefficient (Wildman–Crippen LogP) is 3.82. The quantitative estimate of drug-likeness (QED) is 0.905. The average Bonchev–Trinajstić information content (AvgIpc) is 2.37. The molecule has 2 aromatic rings. The van der Waals surface area contributed by atoms with Crippen molar-refractivity contribution in [2.24, 2.45) is 0 Å². The van der Waals surface area contributed by atoms with Gasteiger partial charge in [0.2, 0.25) is 0 Å². The third-order valence-corrected chi connectivity index (χ3v) is 2.96. The van der Waals surface area contributed by atoms with E-state index in [9.17, 15) is 9.18 Å². The third kappa shape index (κ3) is 3.37. The van der Waals surface area contributed by atoms with Crippen LogP contribution in [0.15, 0.2) is 30.3 Å². The summed E-state index contributed by atoms with van der Waals surface area (Å²) in [7, 11) is 1.67. The van der Waals surface area contributed by atoms with Gasteiger partial charge in [-0.15, -0.1) is 0 Å². The van der Waals surface area contributed by atoms with Gasteiger partial charge < -0.3 is 10.6 Å². The summed E-state index contributed by atoms with van der Waals surface area (Å²) in [4.78, 5) is 16.1. The van der Waals surface area contributed by atoms with E-state index in [2.05, 4.69) is 15.6 Å². The summed E-state index contributed by atoms with van der Waals surface area (Å²) in [6.45, 7) is 0. The first-order valence-electron chi connectivity index (χ1n) is 5.61. The van der Waals surface area contributed by atoms with Gasteiger partial charge in [-0.2, -0.15) is 0 Å². The van der Waals surface area contributed by atoms with Gasteiger partial charge in [-0.05, 0) is 30.3 Å². The van der Waals surface area contributed by atoms with E-state index in [4.69, 9.17) is 23.2 Å². The van der Waals surface area contributed by atoms with Gasteiger partial charge in [0.25, 0.3) is 5.91 Å². The van der Waals surface area contributed by atoms with E-state index in [1.165, 1.54) is 6.07 Å². The first-order valence-corrected chi connectivity index (χ1v) is 6.37. The lowest BCUT2D eigenvalue weighted by molar-refractivity contribution is 0.102. The smallest absolute Gasteiger partial charge is 0.275 e. The Balaban J connectivity index is 2.27. The van der Waals surface area contributed by atoms with Crippen molar-refractivity contribution in [3.8, 4) is 0 Å². The fourth-order valence-electron chi connectivity index (χ4n) is 1.56. The summed E-state index contributed by atoms with van der Waals surface area (Å²) in [6, 6.07) is 6.91. The van der Waals surface area contributed by atoms with E-state index in [0.29, 0.717) is 5.82 Å². The van der Waals surface area contributed by atoms with Crippen LogP contribution < -0.4 is 10.6 Å². The van der Waals surface area contributed by atoms with Gasteiger partial charge in [0.05, 0.1) is 5.02 Å². The predicted molar refractivity (Wildman–Crippen MR) is 78.2 cm³/mol. The van der Waals surface area contributed by atoms with E-state index in [1.807, 2.05) is 0 Å². The number of anilines is 2. The van der Waals surface area contributed by atoms with Crippen LogP contribution in [-0.4, -0.2) is 17.9 Å². The standard InChI is InChI=1S/C13H10Cl2FN3O/c1-17-11-3-2-10(15)12(19-11)13(20)18-9-5-7(14)4-8(16)6-9/h2-6H,1H3,(H,17,19)(H,18,20). The number of nitrogens with zero attached hydrogens (tertiary/aromatic N) is 1. The van der Waals surface area contributed by atoms with Crippen molar-refractivity contribution in [2.45, 2.75) is 0 Å². The third-order valence-electron chi connectivity index (χ3n) is 2.44. The molecule has 0 aliphatic rings. The van der Waals surface area contributed by atoms with Crippen LogP contribution in [0, 0.1) is 5.82 Å². The van der Waals surface area contributed by atoms with Crippen molar-refractivity contribution in [3.05, 3.63) is 51.9 Å². The molecule has 2 N–H and O–H groups in total. The molecule has 7 heteroatoms. The van der Waals surface area contributed by atoms with Gasteiger partial charge in [-0.3, -0.25) is 4.79 Å². The summed E-state index contributed by atoms with van der Waals surface area (Å²) in [5, 5.41) is 5.68. The zero-order valence-electron chi connectivity index (χ0n) is 10.4. The number of amides is 1. The second kappa shape index (κ2) is 6.07. The SMILES string of the molecule is CNc1ccc(Cl)c(C(=O)Nc2cc(F)cc(Cl)c2)n1. The molecule has 0 aliphatic carbocycles. The zero-order valence-corrected chi connectivity index (χ0v) is 11.9. The van der Waals surface area contributed by atoms with Crippen LogP contribution in [0.2, 0.25) is 10.0 Å². The van der Waals surface area contributed by atoms with E-state index in [-0.39, 0.29) is 21.4 Å². The first-order chi connectivity index (χ1) is 9.49. The average molecular weight is 314 g/mol. The van der Waals surface area contributed by atoms with Crippen molar-refractivity contribution in [1.29, 1.82) is 0 Å². The van der Waals surface area contributed by atoms with Gasteiger partial charge in [0.1, 0.15) is 17.3 Å². The number of hydrogen-bond acceptors (Lipinski definition) is 3. The minimum atomic E-state index is -0.547. The molecule has 0 unspecified atom stereocenters. The highest BCUT2D eigenvalue weighted by molar-refractivity contribution is 6.34. The number of benzene rings is 1. The van der Waals surface area contributed by atoms with Crippen LogP contribution in [0.5, 0.6) is 0 Å². The largest absolute Gasteiger partial charge is 0.373 e. The Morgan fingerprint density at radius 3 is 2.65 bits per heavy atom. The Morgan fingerprint density at radius 2 is 2.00 bits per heavy atom. The van der Waals surface area contributed by atoms with Gasteiger partial charge in [-0.25, -0.2) is 9.37 Å². The molecule has 0 bridgehead atoms. The van der Waals surface area contributed by atoms with E-state index < -0.39 is 11.7 Å². The van der Waals surface area contributed by atoms with Crippen molar-refractivity contribution in [2.75, 3.05) is 17.7 Å². The zero-order chi connectivity index (χ0) is 14.7. The number of aromatic nitrogens is 1. The molecule has 0 saturated heterocycles. The van der Waals surface area contributed by atoms with Gasteiger partial charge in [0, 0.05) is 17.8 Å². The van der Waals surface area contributed by atoms with Crippen molar-refractivity contribution in [1.82, 2.24) is 4.98 Å². The molecule has 104 valence electrons. The van der Waals surface area contributed by atoms with E-state index in [0.717, 1.165) is 12.1 Å². The van der Waals surface area contributed by atoms with E-state index >= 15 is 0 Å². The normalized spacial score (nSPS) is 10.2. The van der Waals surface area contributed by atoms with Gasteiger partial charge in [0.15, 0.2) is 0 Å². The summed E-state index contributed by atoms with van der Waals surface area (Å²) in [6.07, 6.45) is 0. The maximum absolute atomic E-state index is 13.2. The number of nitrogens with one attached hydrogen (secondary N) is 2. The summed E-state index contributed by atoms with van der Waals surface area (Å²) in [5.41, 5.74) is 0.270. The van der Waals surface area contributed by atoms with Gasteiger partial charge in [-0.1, -0.05) is 23.2 Å². The van der Waals surface area contributed by atoms with Crippen LogP contribution in [-0.2, 0) is 0 Å². The van der Waals surface area contributed by atoms with Crippen LogP contribution >= 0.6 is 23.2 Å². The molecule has 0 fully saturated rings. The first kappa shape index (κ1) is 14.6. The molecule has 1 heterocycles. The summed E-state index contributed by atoms with van der Waals surface area (Å²) < 4.78 is 13.2. The van der Waals surface area contributed by atoms with E-state index in [1.54, 1.807) is 19.2 Å². The van der Waals surface area contributed by atoms with Crippen LogP contribution in [0.4, 0.5) is 15.9 Å². The molecule has 0 saturated carbocycles. The maximum Gasteiger partial charge on any atom is 0.275 e. The second-order valence-electron chi connectivity index (χ2n) is 3.89. The molecule has 0 aliphatic heterocycles. The topological polar surface area (TPSA) is 54.0 Å². The Labute approximate surface area is 124 Å². The number of carbonyl (C=O) groups excluding carboxylic acids is 1. The lowest BCUT2D eigenvalue weighted by Gasteiger charge is -2.08. The van der Waals surface area contributed by atoms with Crippen LogP contribution in [0.3, 0.4) is 0 Å². The van der Waals surface area contributed by atoms with Crippen molar-refractivity contribution in [3.63, 3.8) is 0 Å². The molecule has 1 aromatic carbocycles. The highest BCUT2D eigenvalue weighted by Gasteiger charge is 2.14. The Kier molecular flexibility index (Phi) is 4.42. The van der Waals surface area contributed by atoms with Crippen molar-refractivity contribution >= 4 is 40.6 Å². The molecule has 0 spiro atoms. The molecule has 1 aromatic heterocycles. The molecule has 0 radical (unpaired) electrons. The lowest BCUT2D eigenvalue weighted by atomic mass is 10.2. The molecule has 20 heavy (non-hydrogen) atoms. The van der Waals surface area contributed by atoms with Crippen LogP contribution in [0.1, 0.15) is 10.5 Å². The highest BCUT2D eigenvalue weighted by Crippen LogP contribution is 2.21. The van der Waals surface area contributed by atoms with Gasteiger partial charge >= 0.3 is 0 Å². The number of carbonyl (C=O) groups is 1. The number of pyridine rings is 1. The Morgan fingerprint density at radius 1 is 1.25 bits per heavy atom. The summed E-state index contributed by atoms with van der Waals surface area (Å²) >= 11 is 11.6. The minimum absolute atomic E-state index is 0.0406. The number of rotatable bonds is 3. The summed E-state index contributed by atoms with van der Waals surface area (Å²) in [5.74, 6) is -0.596. The Hall–Kier alpha value is -1.85. The fourth-order valence-corrected chi connectivity index (χ4v) is 1.97. The highest BCUT2D eigenvalue weighted by atomic mass is 35.5.